The maximum absolute atomic E-state index is 6.54. The van der Waals surface area contributed by atoms with Gasteiger partial charge in [-0.1, -0.05) is 115 Å². The first-order valence-corrected chi connectivity index (χ1v) is 15.8. The molecule has 0 amide bonds. The summed E-state index contributed by atoms with van der Waals surface area (Å²) in [5, 5.41) is 2.23. The van der Waals surface area contributed by atoms with Crippen LogP contribution in [0.4, 0.5) is 0 Å². The molecular formula is C42H26N4O. The number of aromatic nitrogens is 4. The molecule has 6 aromatic carbocycles. The van der Waals surface area contributed by atoms with Crippen LogP contribution < -0.4 is 0 Å². The van der Waals surface area contributed by atoms with E-state index < -0.39 is 5.41 Å². The molecule has 3 aromatic heterocycles. The largest absolute Gasteiger partial charge is 0.455 e. The Morgan fingerprint density at radius 3 is 2.15 bits per heavy atom. The summed E-state index contributed by atoms with van der Waals surface area (Å²) in [5.74, 6) is 0.790. The van der Waals surface area contributed by atoms with Crippen LogP contribution in [0.15, 0.2) is 163 Å². The number of benzene rings is 6. The van der Waals surface area contributed by atoms with Crippen molar-refractivity contribution in [3.63, 3.8) is 0 Å². The molecule has 5 nitrogen and oxygen atoms in total. The van der Waals surface area contributed by atoms with Gasteiger partial charge in [0.15, 0.2) is 5.82 Å². The number of hydrogen-bond donors (Lipinski definition) is 0. The van der Waals surface area contributed by atoms with Gasteiger partial charge in [-0.25, -0.2) is 15.0 Å². The van der Waals surface area contributed by atoms with Crippen LogP contribution in [0.2, 0.25) is 0 Å². The van der Waals surface area contributed by atoms with Gasteiger partial charge in [0.2, 0.25) is 0 Å². The van der Waals surface area contributed by atoms with E-state index in [2.05, 4.69) is 142 Å². The third kappa shape index (κ3) is 3.56. The van der Waals surface area contributed by atoms with E-state index in [1.807, 2.05) is 18.2 Å². The van der Waals surface area contributed by atoms with Gasteiger partial charge in [-0.2, -0.15) is 0 Å². The van der Waals surface area contributed by atoms with Gasteiger partial charge in [-0.05, 0) is 58.1 Å². The lowest BCUT2D eigenvalue weighted by Crippen LogP contribution is -2.35. The summed E-state index contributed by atoms with van der Waals surface area (Å²) >= 11 is 0. The maximum atomic E-state index is 6.54. The van der Waals surface area contributed by atoms with Gasteiger partial charge < -0.3 is 4.42 Å². The van der Waals surface area contributed by atoms with Gasteiger partial charge in [0.1, 0.15) is 23.2 Å². The number of furan rings is 1. The molecule has 47 heavy (non-hydrogen) atoms. The molecule has 4 heterocycles. The highest BCUT2D eigenvalue weighted by Gasteiger charge is 2.45. The van der Waals surface area contributed by atoms with Crippen molar-refractivity contribution >= 4 is 33.0 Å². The Kier molecular flexibility index (Phi) is 5.43. The van der Waals surface area contributed by atoms with Gasteiger partial charge in [0.05, 0.1) is 22.1 Å². The molecule has 0 saturated heterocycles. The first kappa shape index (κ1) is 25.9. The molecule has 0 bridgehead atoms. The molecule has 0 spiro atoms. The highest BCUT2D eigenvalue weighted by Crippen LogP contribution is 2.54. The summed E-state index contributed by atoms with van der Waals surface area (Å²) < 4.78 is 8.83. The molecule has 0 fully saturated rings. The quantitative estimate of drug-likeness (QED) is 0.201. The van der Waals surface area contributed by atoms with Crippen molar-refractivity contribution in [2.75, 3.05) is 0 Å². The predicted molar refractivity (Wildman–Crippen MR) is 187 cm³/mol. The molecular weight excluding hydrogens is 576 g/mol. The average Bonchev–Trinajstić information content (AvgIpc) is 3.73. The molecule has 0 aliphatic carbocycles. The molecule has 0 atom stereocenters. The predicted octanol–water partition coefficient (Wildman–Crippen LogP) is 9.74. The number of imidazole rings is 1. The van der Waals surface area contributed by atoms with E-state index in [1.165, 1.54) is 16.7 Å². The van der Waals surface area contributed by atoms with E-state index in [9.17, 15) is 0 Å². The van der Waals surface area contributed by atoms with Crippen molar-refractivity contribution in [1.82, 2.24) is 19.5 Å². The van der Waals surface area contributed by atoms with Crippen molar-refractivity contribution in [2.45, 2.75) is 5.41 Å². The fourth-order valence-electron chi connectivity index (χ4n) is 7.74. The fourth-order valence-corrected chi connectivity index (χ4v) is 7.74. The van der Waals surface area contributed by atoms with Crippen LogP contribution in [0, 0.1) is 0 Å². The molecule has 0 unspecified atom stereocenters. The zero-order valence-electron chi connectivity index (χ0n) is 25.2. The van der Waals surface area contributed by atoms with Crippen LogP contribution in [-0.2, 0) is 5.41 Å². The normalized spacial score (nSPS) is 13.3. The van der Waals surface area contributed by atoms with Crippen LogP contribution in [0.3, 0.4) is 0 Å². The van der Waals surface area contributed by atoms with Crippen LogP contribution in [0.5, 0.6) is 0 Å². The summed E-state index contributed by atoms with van der Waals surface area (Å²) in [6, 6.07) is 51.7. The van der Waals surface area contributed by atoms with Crippen LogP contribution in [-0.4, -0.2) is 19.5 Å². The number of para-hydroxylation sites is 3. The minimum absolute atomic E-state index is 0.631. The average molecular weight is 603 g/mol. The molecule has 1 aliphatic rings. The maximum Gasteiger partial charge on any atom is 0.164 e. The molecule has 5 heteroatoms. The smallest absolute Gasteiger partial charge is 0.164 e. The molecule has 0 saturated carbocycles. The van der Waals surface area contributed by atoms with Gasteiger partial charge in [0, 0.05) is 22.5 Å². The summed E-state index contributed by atoms with van der Waals surface area (Å²) in [6.07, 6.45) is 3.36. The first-order chi connectivity index (χ1) is 23.3. The summed E-state index contributed by atoms with van der Waals surface area (Å²) in [4.78, 5) is 14.0. The Bertz CT molecular complexity index is 2580. The molecule has 0 N–H and O–H groups in total. The molecule has 1 aliphatic heterocycles. The first-order valence-electron chi connectivity index (χ1n) is 15.8. The Labute approximate surface area is 270 Å². The van der Waals surface area contributed by atoms with E-state index in [1.54, 1.807) is 12.5 Å². The van der Waals surface area contributed by atoms with E-state index in [4.69, 9.17) is 9.40 Å². The Morgan fingerprint density at radius 1 is 0.617 bits per heavy atom. The van der Waals surface area contributed by atoms with E-state index in [0.29, 0.717) is 0 Å². The zero-order valence-corrected chi connectivity index (χ0v) is 25.2. The highest BCUT2D eigenvalue weighted by molar-refractivity contribution is 6.09. The number of rotatable bonds is 4. The van der Waals surface area contributed by atoms with Crippen molar-refractivity contribution in [3.05, 3.63) is 180 Å². The van der Waals surface area contributed by atoms with E-state index >= 15 is 0 Å². The molecule has 9 aromatic rings. The summed E-state index contributed by atoms with van der Waals surface area (Å²) in [6.45, 7) is 0. The lowest BCUT2D eigenvalue weighted by Gasteiger charge is -2.41. The third-order valence-electron chi connectivity index (χ3n) is 9.66. The minimum Gasteiger partial charge on any atom is -0.455 e. The third-order valence-corrected chi connectivity index (χ3v) is 9.66. The zero-order chi connectivity index (χ0) is 31.0. The molecule has 220 valence electrons. The Morgan fingerprint density at radius 2 is 1.36 bits per heavy atom. The Balaban J connectivity index is 1.37. The highest BCUT2D eigenvalue weighted by atomic mass is 16.3. The van der Waals surface area contributed by atoms with Crippen molar-refractivity contribution in [3.8, 4) is 28.3 Å². The van der Waals surface area contributed by atoms with Gasteiger partial charge >= 0.3 is 0 Å². The van der Waals surface area contributed by atoms with Gasteiger partial charge in [-0.3, -0.25) is 4.57 Å². The summed E-state index contributed by atoms with van der Waals surface area (Å²) in [5.41, 5.74) is 11.8. The number of hydrogen-bond acceptors (Lipinski definition) is 4. The monoisotopic (exact) mass is 602 g/mol. The van der Waals surface area contributed by atoms with Gasteiger partial charge in [0.25, 0.3) is 0 Å². The number of fused-ring (bicyclic) bond motifs is 5. The number of nitrogens with zero attached hydrogens (tertiary/aromatic N) is 4. The fraction of sp³-hybridized carbons (Fsp3) is 0.0238. The summed E-state index contributed by atoms with van der Waals surface area (Å²) in [7, 11) is 0. The second-order valence-electron chi connectivity index (χ2n) is 12.0. The molecule has 0 radical (unpaired) electrons. The Hall–Kier alpha value is -6.33. The van der Waals surface area contributed by atoms with Crippen LogP contribution in [0.25, 0.3) is 61.3 Å². The van der Waals surface area contributed by atoms with E-state index in [-0.39, 0.29) is 0 Å². The van der Waals surface area contributed by atoms with Crippen molar-refractivity contribution < 1.29 is 4.42 Å². The second kappa shape index (κ2) is 9.83. The lowest BCUT2D eigenvalue weighted by molar-refractivity contribution is 0.670. The van der Waals surface area contributed by atoms with E-state index in [0.717, 1.165) is 66.9 Å². The van der Waals surface area contributed by atoms with Gasteiger partial charge in [-0.15, -0.1) is 0 Å². The molecule has 10 rings (SSSR count). The second-order valence-corrected chi connectivity index (χ2v) is 12.0. The lowest BCUT2D eigenvalue weighted by atomic mass is 9.63. The standard InChI is InChI=1S/C42H26N4O/c1-3-11-28(12-4-1)42(29-13-5-2-6-14-29)33-18-10-19-35-39(33)46(41(45-35)36-23-24-43-26-44-36)37-22-21-27(25-34(37)42)30-16-9-17-32-31-15-7-8-20-38(31)47-40(30)32/h1-26H. The minimum atomic E-state index is -0.631. The SMILES string of the molecule is c1ccc(C2(c3ccccc3)c3cc(-c4cccc5c4oc4ccccc45)ccc3-n3c(-c4ccncn4)nc4cccc2c43)cc1. The van der Waals surface area contributed by atoms with Crippen LogP contribution in [0.1, 0.15) is 22.3 Å². The van der Waals surface area contributed by atoms with Crippen LogP contribution >= 0.6 is 0 Å². The topological polar surface area (TPSA) is 56.7 Å². The van der Waals surface area contributed by atoms with Crippen molar-refractivity contribution in [2.24, 2.45) is 0 Å². The van der Waals surface area contributed by atoms with Crippen molar-refractivity contribution in [1.29, 1.82) is 0 Å².